The van der Waals surface area contributed by atoms with Gasteiger partial charge in [0.05, 0.1) is 56.0 Å². The van der Waals surface area contributed by atoms with E-state index >= 15 is 0 Å². The summed E-state index contributed by atoms with van der Waals surface area (Å²) in [5.41, 5.74) is 13.2. The largest absolute Gasteiger partial charge is 0.495 e. The summed E-state index contributed by atoms with van der Waals surface area (Å²) in [6.07, 6.45) is 1.82. The number of nitrogen functional groups attached to an aromatic ring is 1. The van der Waals surface area contributed by atoms with Crippen molar-refractivity contribution in [2.24, 2.45) is 0 Å². The molecule has 15 nitrogen and oxygen atoms in total. The van der Waals surface area contributed by atoms with E-state index in [0.717, 1.165) is 64.8 Å². The molecule has 0 unspecified atom stereocenters. The molecule has 2 aromatic heterocycles. The molecule has 74 heavy (non-hydrogen) atoms. The van der Waals surface area contributed by atoms with Crippen LogP contribution in [0.25, 0.3) is 10.6 Å². The highest BCUT2D eigenvalue weighted by Crippen LogP contribution is 2.32. The predicted octanol–water partition coefficient (Wildman–Crippen LogP) is 18.3. The molecular weight excluding hydrogens is 1340 g/mol. The standard InChI is InChI=1S/C14H15BrN2O2S.C12H17NO2.C11H14BrNO2.C7H8BrNO.C4H7ClO2.C3HBr2NS/c1-8(2)19-14(18)17-10-4-5-11(9(3)6-10)13-16-7-12(15)20-13;1-8(2)15-12(14)13-11-6-5-9(3)10(4)7-11;1-7(2)15-11(14)13-9-4-5-10(12)8(3)6-9;1-10-7-4-5(9)2-3-6(7)8;1-3(2)7-4(5)6;4-2-1-6-3(5)7-2/h4-8H,1-3H3,(H,17,18);5-8H,1-4H3,(H,13,14);4-7H,1-3H3,(H,13,14);2-4H,9H2,1H3;3H,1-2H3;1H. The average molecular weight is 1400 g/mol. The van der Waals surface area contributed by atoms with Gasteiger partial charge in [-0.3, -0.25) is 16.0 Å². The second-order valence-electron chi connectivity index (χ2n) is 16.2. The first-order valence-electron chi connectivity index (χ1n) is 22.3. The molecule has 6 aromatic rings. The van der Waals surface area contributed by atoms with Crippen molar-refractivity contribution in [2.75, 3.05) is 28.8 Å². The fourth-order valence-corrected chi connectivity index (χ4v) is 9.42. The van der Waals surface area contributed by atoms with Crippen molar-refractivity contribution in [1.82, 2.24) is 9.97 Å². The van der Waals surface area contributed by atoms with Gasteiger partial charge in [0, 0.05) is 50.5 Å². The summed E-state index contributed by atoms with van der Waals surface area (Å²) in [5.74, 6) is 0.764. The number of halogens is 6. The second-order valence-corrected chi connectivity index (χ2v) is 24.3. The molecule has 4 aromatic carbocycles. The quantitative estimate of drug-likeness (QED) is 0.0607. The number of aromatic nitrogens is 2. The van der Waals surface area contributed by atoms with Gasteiger partial charge in [0.1, 0.15) is 10.8 Å². The SMILES string of the molecule is Brc1cnc(Br)s1.CC(C)OC(=O)Cl.COc1cc(N)ccc1Br.Cc1cc(NC(=O)OC(C)C)ccc1-c1ncc(Br)s1.Cc1cc(NC(=O)OC(C)C)ccc1Br.Cc1ccc(NC(=O)OC(C)C)cc1C. The zero-order valence-electron chi connectivity index (χ0n) is 43.1. The molecule has 0 bridgehead atoms. The number of amides is 3. The number of rotatable bonds is 9. The number of hydrogen-bond acceptors (Lipinski definition) is 14. The van der Waals surface area contributed by atoms with E-state index in [0.29, 0.717) is 11.4 Å². The van der Waals surface area contributed by atoms with E-state index in [2.05, 4.69) is 110 Å². The van der Waals surface area contributed by atoms with Gasteiger partial charge in [0.25, 0.3) is 0 Å². The summed E-state index contributed by atoms with van der Waals surface area (Å²) in [6.45, 7) is 22.4. The number of thiazole rings is 2. The Balaban J connectivity index is 0.000000462. The van der Waals surface area contributed by atoms with Gasteiger partial charge in [0.2, 0.25) is 0 Å². The van der Waals surface area contributed by atoms with E-state index in [9.17, 15) is 19.2 Å². The van der Waals surface area contributed by atoms with Crippen molar-refractivity contribution in [1.29, 1.82) is 0 Å². The van der Waals surface area contributed by atoms with Crippen LogP contribution in [0.4, 0.5) is 41.9 Å². The monoisotopic (exact) mass is 1400 g/mol. The number of carbonyl (C=O) groups is 4. The predicted molar refractivity (Wildman–Crippen MR) is 321 cm³/mol. The van der Waals surface area contributed by atoms with Gasteiger partial charge >= 0.3 is 23.7 Å². The Kier molecular flexibility index (Phi) is 32.8. The topological polar surface area (TPSA) is 202 Å². The van der Waals surface area contributed by atoms with Gasteiger partial charge in [-0.15, -0.1) is 22.7 Å². The molecule has 23 heteroatoms. The van der Waals surface area contributed by atoms with Gasteiger partial charge in [-0.25, -0.2) is 29.1 Å². The van der Waals surface area contributed by atoms with Crippen molar-refractivity contribution < 1.29 is 42.9 Å². The molecule has 404 valence electrons. The number of benzene rings is 4. The van der Waals surface area contributed by atoms with Crippen molar-refractivity contribution in [2.45, 2.75) is 108 Å². The zero-order chi connectivity index (χ0) is 56.2. The molecule has 0 fully saturated rings. The van der Waals surface area contributed by atoms with Gasteiger partial charge in [0.15, 0.2) is 3.92 Å². The number of aryl methyl sites for hydroxylation is 4. The first kappa shape index (κ1) is 67.7. The molecule has 0 spiro atoms. The lowest BCUT2D eigenvalue weighted by Gasteiger charge is -2.11. The highest BCUT2D eigenvalue weighted by atomic mass is 79.9. The molecule has 0 saturated carbocycles. The second kappa shape index (κ2) is 35.9. The Bertz CT molecular complexity index is 2620. The number of nitrogens with two attached hydrogens (primary N) is 1. The molecule has 2 heterocycles. The number of ether oxygens (including phenoxy) is 5. The summed E-state index contributed by atoms with van der Waals surface area (Å²) in [6, 6.07) is 22.5. The third-order valence-corrected chi connectivity index (χ3v) is 13.4. The number of anilines is 4. The van der Waals surface area contributed by atoms with E-state index < -0.39 is 23.7 Å². The van der Waals surface area contributed by atoms with Crippen molar-refractivity contribution in [3.8, 4) is 16.3 Å². The number of carbonyl (C=O) groups excluding carboxylic acids is 4. The van der Waals surface area contributed by atoms with Crippen LogP contribution in [-0.2, 0) is 18.9 Å². The Morgan fingerprint density at radius 3 is 1.31 bits per heavy atom. The number of nitrogens with zero attached hydrogens (tertiary/aromatic N) is 2. The first-order chi connectivity index (χ1) is 34.6. The Morgan fingerprint density at radius 1 is 0.541 bits per heavy atom. The van der Waals surface area contributed by atoms with Crippen LogP contribution in [0.5, 0.6) is 5.75 Å². The minimum atomic E-state index is -0.741. The number of nitrogens with one attached hydrogen (secondary N) is 3. The smallest absolute Gasteiger partial charge is 0.411 e. The van der Waals surface area contributed by atoms with Crippen molar-refractivity contribution in [3.63, 3.8) is 0 Å². The fraction of sp³-hybridized carbons (Fsp3) is 0.333. The van der Waals surface area contributed by atoms with Crippen LogP contribution in [0, 0.1) is 27.7 Å². The minimum absolute atomic E-state index is 0.100. The maximum Gasteiger partial charge on any atom is 0.411 e. The summed E-state index contributed by atoms with van der Waals surface area (Å²) in [4.78, 5) is 52.1. The Morgan fingerprint density at radius 2 is 0.973 bits per heavy atom. The molecule has 0 atom stereocenters. The number of methoxy groups -OCH3 is 1. The molecule has 0 radical (unpaired) electrons. The molecule has 6 rings (SSSR count). The fourth-order valence-electron chi connectivity index (χ4n) is 5.08. The van der Waals surface area contributed by atoms with E-state index in [1.165, 1.54) is 5.56 Å². The van der Waals surface area contributed by atoms with Crippen molar-refractivity contribution >= 4 is 160 Å². The molecule has 0 aliphatic rings. The average Bonchev–Trinajstić information content (AvgIpc) is 3.89. The Labute approximate surface area is 489 Å². The molecule has 0 saturated heterocycles. The van der Waals surface area contributed by atoms with E-state index in [-0.39, 0.29) is 24.4 Å². The van der Waals surface area contributed by atoms with Crippen LogP contribution in [0.3, 0.4) is 0 Å². The molecule has 5 N–H and O–H groups in total. The van der Waals surface area contributed by atoms with Crippen LogP contribution < -0.4 is 26.4 Å². The zero-order valence-corrected chi connectivity index (χ0v) is 53.4. The third kappa shape index (κ3) is 30.3. The third-order valence-electron chi connectivity index (χ3n) is 8.32. The minimum Gasteiger partial charge on any atom is -0.495 e. The van der Waals surface area contributed by atoms with Crippen LogP contribution in [0.15, 0.2) is 106 Å². The Hall–Kier alpha value is -4.29. The molecular formula is C51H62Br5ClN6O9S2. The lowest BCUT2D eigenvalue weighted by Crippen LogP contribution is -2.18. The molecule has 0 aliphatic heterocycles. The summed E-state index contributed by atoms with van der Waals surface area (Å²) < 4.78 is 29.3. The molecule has 3 amide bonds. The summed E-state index contributed by atoms with van der Waals surface area (Å²) >= 11 is 24.5. The number of hydrogen-bond donors (Lipinski definition) is 4. The lowest BCUT2D eigenvalue weighted by molar-refractivity contribution is 0.129. The maximum absolute atomic E-state index is 11.5. The van der Waals surface area contributed by atoms with Crippen LogP contribution in [0.2, 0.25) is 0 Å². The van der Waals surface area contributed by atoms with Gasteiger partial charge in [-0.2, -0.15) is 0 Å². The maximum atomic E-state index is 11.5. The van der Waals surface area contributed by atoms with E-state index in [4.69, 9.17) is 36.3 Å². The van der Waals surface area contributed by atoms with Crippen LogP contribution in [0.1, 0.15) is 77.6 Å². The van der Waals surface area contributed by atoms with E-state index in [1.807, 2.05) is 136 Å². The van der Waals surface area contributed by atoms with E-state index in [1.54, 1.807) is 62.1 Å². The highest BCUT2D eigenvalue weighted by molar-refractivity contribution is 9.12. The summed E-state index contributed by atoms with van der Waals surface area (Å²) in [5, 5.41) is 9.00. The van der Waals surface area contributed by atoms with Crippen LogP contribution >= 0.6 is 114 Å². The van der Waals surface area contributed by atoms with Crippen molar-refractivity contribution in [3.05, 3.63) is 128 Å². The van der Waals surface area contributed by atoms with Gasteiger partial charge in [-0.05, 0) is 230 Å². The van der Waals surface area contributed by atoms with Gasteiger partial charge in [-0.1, -0.05) is 22.0 Å². The molecule has 0 aliphatic carbocycles. The highest BCUT2D eigenvalue weighted by Gasteiger charge is 2.11. The normalized spacial score (nSPS) is 10.0. The van der Waals surface area contributed by atoms with Crippen LogP contribution in [-0.4, -0.2) is 65.2 Å². The lowest BCUT2D eigenvalue weighted by atomic mass is 10.1. The first-order valence-corrected chi connectivity index (χ1v) is 28.3. The van der Waals surface area contributed by atoms with Gasteiger partial charge < -0.3 is 29.4 Å². The summed E-state index contributed by atoms with van der Waals surface area (Å²) in [7, 11) is 1.61.